The molecule has 0 aliphatic rings. The zero-order valence-corrected chi connectivity index (χ0v) is 9.89. The van der Waals surface area contributed by atoms with Gasteiger partial charge in [-0.2, -0.15) is 0 Å². The van der Waals surface area contributed by atoms with E-state index >= 15 is 0 Å². The van der Waals surface area contributed by atoms with Crippen molar-refractivity contribution in [1.82, 2.24) is 0 Å². The van der Waals surface area contributed by atoms with Crippen LogP contribution in [0.3, 0.4) is 0 Å². The summed E-state index contributed by atoms with van der Waals surface area (Å²) in [6, 6.07) is 3.36. The fourth-order valence-electron chi connectivity index (χ4n) is 1.15. The van der Waals surface area contributed by atoms with Crippen LogP contribution < -0.4 is 0 Å². The third kappa shape index (κ3) is 2.34. The highest BCUT2D eigenvalue weighted by Crippen LogP contribution is 2.23. The molecule has 1 aromatic carbocycles. The number of aromatic carboxylic acids is 1. The second kappa shape index (κ2) is 4.28. The van der Waals surface area contributed by atoms with E-state index in [4.69, 9.17) is 16.7 Å². The Morgan fingerprint density at radius 2 is 2.23 bits per heavy atom. The maximum absolute atomic E-state index is 10.9. The number of rotatable bonds is 2. The van der Waals surface area contributed by atoms with Gasteiger partial charge >= 0.3 is 5.97 Å². The summed E-state index contributed by atoms with van der Waals surface area (Å²) in [6.45, 7) is 1.91. The monoisotopic (exact) mass is 310 g/mol. The summed E-state index contributed by atoms with van der Waals surface area (Å²) in [5, 5.41) is 9.51. The molecular weight excluding hydrogens is 302 g/mol. The number of carboxylic acids is 1. The lowest BCUT2D eigenvalue weighted by Crippen LogP contribution is -2.04. The van der Waals surface area contributed by atoms with Crippen LogP contribution in [0.15, 0.2) is 12.1 Å². The van der Waals surface area contributed by atoms with E-state index in [1.165, 1.54) is 0 Å². The summed E-state index contributed by atoms with van der Waals surface area (Å²) in [4.78, 5) is 10.9. The molecule has 0 aliphatic heterocycles. The Morgan fingerprint density at radius 1 is 1.62 bits per heavy atom. The maximum Gasteiger partial charge on any atom is 0.337 e. The Bertz CT molecular complexity index is 350. The molecule has 0 atom stereocenters. The molecule has 13 heavy (non-hydrogen) atoms. The van der Waals surface area contributed by atoms with Gasteiger partial charge in [0.05, 0.1) is 5.56 Å². The zero-order valence-electron chi connectivity index (χ0n) is 6.97. The SMILES string of the molecule is CCc1cc(Cl)cc(I)c1C(=O)O. The highest BCUT2D eigenvalue weighted by Gasteiger charge is 2.13. The van der Waals surface area contributed by atoms with E-state index in [-0.39, 0.29) is 0 Å². The molecule has 2 nitrogen and oxygen atoms in total. The Balaban J connectivity index is 3.38. The van der Waals surface area contributed by atoms with Crippen molar-refractivity contribution in [2.24, 2.45) is 0 Å². The summed E-state index contributed by atoms with van der Waals surface area (Å²) < 4.78 is 0.689. The van der Waals surface area contributed by atoms with Crippen LogP contribution in [0.4, 0.5) is 0 Å². The molecule has 0 saturated heterocycles. The fourth-order valence-corrected chi connectivity index (χ4v) is 2.48. The standard InChI is InChI=1S/C9H8ClIO2/c1-2-5-3-6(10)4-7(11)8(5)9(12)13/h3-4H,2H2,1H3,(H,12,13). The van der Waals surface area contributed by atoms with Crippen molar-refractivity contribution in [3.05, 3.63) is 31.9 Å². The number of benzene rings is 1. The van der Waals surface area contributed by atoms with Gasteiger partial charge in [0.2, 0.25) is 0 Å². The summed E-state index contributed by atoms with van der Waals surface area (Å²) in [7, 11) is 0. The molecule has 0 amide bonds. The summed E-state index contributed by atoms with van der Waals surface area (Å²) in [6.07, 6.45) is 0.679. The highest BCUT2D eigenvalue weighted by molar-refractivity contribution is 14.1. The third-order valence-electron chi connectivity index (χ3n) is 1.73. The van der Waals surface area contributed by atoms with Crippen molar-refractivity contribution < 1.29 is 9.90 Å². The maximum atomic E-state index is 10.9. The van der Waals surface area contributed by atoms with Crippen molar-refractivity contribution in [3.8, 4) is 0 Å². The molecule has 0 spiro atoms. The van der Waals surface area contributed by atoms with Gasteiger partial charge in [-0.05, 0) is 46.7 Å². The summed E-state index contributed by atoms with van der Waals surface area (Å²) in [5.74, 6) is -0.891. The molecule has 0 bridgehead atoms. The Morgan fingerprint density at radius 3 is 2.69 bits per heavy atom. The van der Waals surface area contributed by atoms with Crippen LogP contribution in [0.1, 0.15) is 22.8 Å². The topological polar surface area (TPSA) is 37.3 Å². The van der Waals surface area contributed by atoms with Crippen LogP contribution in [0.2, 0.25) is 5.02 Å². The van der Waals surface area contributed by atoms with Crippen LogP contribution >= 0.6 is 34.2 Å². The average molecular weight is 311 g/mol. The van der Waals surface area contributed by atoms with Crippen molar-refractivity contribution in [2.45, 2.75) is 13.3 Å². The van der Waals surface area contributed by atoms with Gasteiger partial charge < -0.3 is 5.11 Å². The molecule has 0 aromatic heterocycles. The molecule has 0 fully saturated rings. The van der Waals surface area contributed by atoms with Crippen LogP contribution in [-0.2, 0) is 6.42 Å². The molecular formula is C9H8ClIO2. The number of carbonyl (C=O) groups is 1. The first-order valence-electron chi connectivity index (χ1n) is 3.77. The Labute approximate surface area is 95.0 Å². The minimum atomic E-state index is -0.891. The van der Waals surface area contributed by atoms with Gasteiger partial charge in [0.15, 0.2) is 0 Å². The van der Waals surface area contributed by atoms with Gasteiger partial charge in [0, 0.05) is 8.59 Å². The molecule has 0 aliphatic carbocycles. The average Bonchev–Trinajstić information content (AvgIpc) is 2.01. The van der Waals surface area contributed by atoms with Crippen molar-refractivity contribution in [1.29, 1.82) is 0 Å². The molecule has 70 valence electrons. The normalized spacial score (nSPS) is 10.1. The van der Waals surface area contributed by atoms with E-state index in [0.717, 1.165) is 5.56 Å². The molecule has 1 N–H and O–H groups in total. The van der Waals surface area contributed by atoms with Gasteiger partial charge in [-0.25, -0.2) is 4.79 Å². The van der Waals surface area contributed by atoms with E-state index in [0.29, 0.717) is 20.6 Å². The fraction of sp³-hybridized carbons (Fsp3) is 0.222. The lowest BCUT2D eigenvalue weighted by molar-refractivity contribution is 0.0694. The van der Waals surface area contributed by atoms with Crippen LogP contribution in [0.5, 0.6) is 0 Å². The van der Waals surface area contributed by atoms with E-state index in [9.17, 15) is 4.79 Å². The van der Waals surface area contributed by atoms with E-state index < -0.39 is 5.97 Å². The predicted octanol–water partition coefficient (Wildman–Crippen LogP) is 3.21. The molecule has 0 radical (unpaired) electrons. The second-order valence-electron chi connectivity index (χ2n) is 2.58. The number of aryl methyl sites for hydroxylation is 1. The summed E-state index contributed by atoms with van der Waals surface area (Å²) >= 11 is 7.79. The van der Waals surface area contributed by atoms with Crippen molar-refractivity contribution >= 4 is 40.2 Å². The molecule has 0 saturated carbocycles. The molecule has 1 aromatic rings. The zero-order chi connectivity index (χ0) is 10.0. The van der Waals surface area contributed by atoms with E-state index in [1.54, 1.807) is 12.1 Å². The van der Waals surface area contributed by atoms with Crippen LogP contribution in [0.25, 0.3) is 0 Å². The second-order valence-corrected chi connectivity index (χ2v) is 4.18. The third-order valence-corrected chi connectivity index (χ3v) is 2.80. The number of halogens is 2. The van der Waals surface area contributed by atoms with Gasteiger partial charge in [-0.3, -0.25) is 0 Å². The molecule has 0 unspecified atom stereocenters. The first-order valence-corrected chi connectivity index (χ1v) is 5.23. The lowest BCUT2D eigenvalue weighted by Gasteiger charge is -2.06. The van der Waals surface area contributed by atoms with Crippen LogP contribution in [0, 0.1) is 3.57 Å². The highest BCUT2D eigenvalue weighted by atomic mass is 127. The Kier molecular flexibility index (Phi) is 3.55. The number of carboxylic acid groups (broad SMARTS) is 1. The smallest absolute Gasteiger partial charge is 0.337 e. The van der Waals surface area contributed by atoms with Crippen molar-refractivity contribution in [3.63, 3.8) is 0 Å². The van der Waals surface area contributed by atoms with E-state index in [2.05, 4.69) is 0 Å². The lowest BCUT2D eigenvalue weighted by atomic mass is 10.1. The molecule has 1 rings (SSSR count). The molecule has 4 heteroatoms. The minimum absolute atomic E-state index is 0.368. The number of hydrogen-bond donors (Lipinski definition) is 1. The minimum Gasteiger partial charge on any atom is -0.478 e. The van der Waals surface area contributed by atoms with Gasteiger partial charge in [0.25, 0.3) is 0 Å². The van der Waals surface area contributed by atoms with Gasteiger partial charge in [0.1, 0.15) is 0 Å². The first-order chi connectivity index (χ1) is 6.06. The van der Waals surface area contributed by atoms with Crippen LogP contribution in [-0.4, -0.2) is 11.1 Å². The summed E-state index contributed by atoms with van der Waals surface area (Å²) in [5.41, 5.74) is 1.15. The Hall–Kier alpha value is -0.290. The van der Waals surface area contributed by atoms with E-state index in [1.807, 2.05) is 29.5 Å². The van der Waals surface area contributed by atoms with Gasteiger partial charge in [-0.15, -0.1) is 0 Å². The predicted molar refractivity (Wildman–Crippen MR) is 60.5 cm³/mol. The number of hydrogen-bond acceptors (Lipinski definition) is 1. The quantitative estimate of drug-likeness (QED) is 0.852. The van der Waals surface area contributed by atoms with Crippen molar-refractivity contribution in [2.75, 3.05) is 0 Å². The molecule has 0 heterocycles. The largest absolute Gasteiger partial charge is 0.478 e. The van der Waals surface area contributed by atoms with Gasteiger partial charge in [-0.1, -0.05) is 18.5 Å². The first kappa shape index (κ1) is 10.8.